The van der Waals surface area contributed by atoms with E-state index in [9.17, 15) is 9.59 Å². The highest BCUT2D eigenvalue weighted by molar-refractivity contribution is 5.92. The fraction of sp³-hybridized carbons (Fsp3) is 0.545. The van der Waals surface area contributed by atoms with Gasteiger partial charge in [0, 0.05) is 6.20 Å². The van der Waals surface area contributed by atoms with E-state index in [2.05, 4.69) is 5.10 Å². The van der Waals surface area contributed by atoms with E-state index in [1.165, 1.54) is 17.1 Å². The van der Waals surface area contributed by atoms with Gasteiger partial charge in [0.2, 0.25) is 0 Å². The molecule has 6 nitrogen and oxygen atoms in total. The van der Waals surface area contributed by atoms with Gasteiger partial charge in [0.1, 0.15) is 6.04 Å². The van der Waals surface area contributed by atoms with Gasteiger partial charge in [-0.25, -0.2) is 4.79 Å². The molecule has 0 radical (unpaired) electrons. The van der Waals surface area contributed by atoms with Crippen molar-refractivity contribution in [3.05, 3.63) is 18.0 Å². The predicted molar refractivity (Wildman–Crippen MR) is 61.3 cm³/mol. The first-order valence-corrected chi connectivity index (χ1v) is 5.60. The van der Waals surface area contributed by atoms with Crippen molar-refractivity contribution in [1.29, 1.82) is 0 Å². The molecule has 0 bridgehead atoms. The molecule has 94 valence electrons. The summed E-state index contributed by atoms with van der Waals surface area (Å²) < 4.78 is 6.40. The van der Waals surface area contributed by atoms with Crippen LogP contribution in [0.4, 0.5) is 0 Å². The maximum atomic E-state index is 11.7. The van der Waals surface area contributed by atoms with Gasteiger partial charge in [-0.1, -0.05) is 13.3 Å². The molecule has 1 atom stereocenters. The van der Waals surface area contributed by atoms with Gasteiger partial charge < -0.3 is 10.5 Å². The Balaban J connectivity index is 2.88. The Morgan fingerprint density at radius 2 is 2.24 bits per heavy atom. The van der Waals surface area contributed by atoms with E-state index < -0.39 is 11.9 Å². The highest BCUT2D eigenvalue weighted by Gasteiger charge is 2.22. The van der Waals surface area contributed by atoms with Crippen LogP contribution in [0.2, 0.25) is 0 Å². The normalized spacial score (nSPS) is 12.1. The van der Waals surface area contributed by atoms with Crippen LogP contribution < -0.4 is 5.73 Å². The summed E-state index contributed by atoms with van der Waals surface area (Å²) >= 11 is 0. The molecule has 1 aromatic heterocycles. The van der Waals surface area contributed by atoms with Gasteiger partial charge in [0.05, 0.1) is 18.4 Å². The lowest BCUT2D eigenvalue weighted by molar-refractivity contribution is -0.147. The van der Waals surface area contributed by atoms with Crippen molar-refractivity contribution in [2.24, 2.45) is 5.73 Å². The van der Waals surface area contributed by atoms with E-state index in [0.717, 1.165) is 6.42 Å². The quantitative estimate of drug-likeness (QED) is 0.747. The molecular formula is C11H17N3O3. The third-order valence-corrected chi connectivity index (χ3v) is 2.33. The molecule has 0 aliphatic rings. The van der Waals surface area contributed by atoms with E-state index in [4.69, 9.17) is 10.5 Å². The Morgan fingerprint density at radius 1 is 1.53 bits per heavy atom. The highest BCUT2D eigenvalue weighted by Crippen LogP contribution is 2.15. The minimum atomic E-state index is -0.560. The number of aromatic nitrogens is 2. The topological polar surface area (TPSA) is 87.2 Å². The molecule has 1 heterocycles. The van der Waals surface area contributed by atoms with Gasteiger partial charge in [0.25, 0.3) is 5.91 Å². The smallest absolute Gasteiger partial charge is 0.330 e. The van der Waals surface area contributed by atoms with Crippen LogP contribution in [0.25, 0.3) is 0 Å². The van der Waals surface area contributed by atoms with E-state index in [-0.39, 0.29) is 11.5 Å². The Bertz CT molecular complexity index is 400. The number of hydrogen-bond donors (Lipinski definition) is 1. The number of rotatable bonds is 6. The fourth-order valence-corrected chi connectivity index (χ4v) is 1.51. The number of amides is 1. The second-order valence-electron chi connectivity index (χ2n) is 3.63. The average molecular weight is 239 g/mol. The number of nitrogens with two attached hydrogens (primary N) is 1. The minimum Gasteiger partial charge on any atom is -0.464 e. The van der Waals surface area contributed by atoms with Crippen LogP contribution in [0.3, 0.4) is 0 Å². The lowest BCUT2D eigenvalue weighted by Gasteiger charge is -2.14. The minimum absolute atomic E-state index is 0.287. The number of nitrogens with zero attached hydrogens (tertiary/aromatic N) is 2. The SMILES string of the molecule is CCCC(C(=O)OCC)n1cc(C(N)=O)cn1. The first-order chi connectivity index (χ1) is 8.10. The van der Waals surface area contributed by atoms with Crippen LogP contribution in [0.5, 0.6) is 0 Å². The Hall–Kier alpha value is -1.85. The largest absolute Gasteiger partial charge is 0.464 e. The van der Waals surface area contributed by atoms with E-state index >= 15 is 0 Å². The van der Waals surface area contributed by atoms with Crippen LogP contribution in [-0.4, -0.2) is 28.3 Å². The van der Waals surface area contributed by atoms with Gasteiger partial charge in [0.15, 0.2) is 0 Å². The summed E-state index contributed by atoms with van der Waals surface area (Å²) in [5.41, 5.74) is 5.41. The zero-order valence-electron chi connectivity index (χ0n) is 10.0. The van der Waals surface area contributed by atoms with Crippen molar-refractivity contribution < 1.29 is 14.3 Å². The summed E-state index contributed by atoms with van der Waals surface area (Å²) in [4.78, 5) is 22.7. The van der Waals surface area contributed by atoms with Crippen molar-refractivity contribution in [3.8, 4) is 0 Å². The molecule has 6 heteroatoms. The van der Waals surface area contributed by atoms with E-state index in [0.29, 0.717) is 13.0 Å². The number of ether oxygens (including phenoxy) is 1. The molecule has 0 saturated heterocycles. The van der Waals surface area contributed by atoms with E-state index in [1.807, 2.05) is 6.92 Å². The van der Waals surface area contributed by atoms with E-state index in [1.54, 1.807) is 6.92 Å². The maximum Gasteiger partial charge on any atom is 0.330 e. The van der Waals surface area contributed by atoms with Gasteiger partial charge in [-0.15, -0.1) is 0 Å². The second kappa shape index (κ2) is 6.03. The van der Waals surface area contributed by atoms with Crippen molar-refractivity contribution in [2.75, 3.05) is 6.61 Å². The van der Waals surface area contributed by atoms with Crippen LogP contribution in [0.15, 0.2) is 12.4 Å². The standard InChI is InChI=1S/C11H17N3O3/c1-3-5-9(11(16)17-4-2)14-7-8(6-13-14)10(12)15/h6-7,9H,3-5H2,1-2H3,(H2,12,15). The Kier molecular flexibility index (Phi) is 4.68. The monoisotopic (exact) mass is 239 g/mol. The van der Waals surface area contributed by atoms with Crippen LogP contribution in [-0.2, 0) is 9.53 Å². The number of carbonyl (C=O) groups excluding carboxylic acids is 2. The molecule has 0 aliphatic carbocycles. The van der Waals surface area contributed by atoms with Crippen molar-refractivity contribution in [2.45, 2.75) is 32.7 Å². The number of hydrogen-bond acceptors (Lipinski definition) is 4. The number of esters is 1. The van der Waals surface area contributed by atoms with Gasteiger partial charge in [-0.05, 0) is 13.3 Å². The Morgan fingerprint density at radius 3 is 2.71 bits per heavy atom. The molecular weight excluding hydrogens is 222 g/mol. The fourth-order valence-electron chi connectivity index (χ4n) is 1.51. The molecule has 0 saturated carbocycles. The number of carbonyl (C=O) groups is 2. The molecule has 0 aromatic carbocycles. The summed E-state index contributed by atoms with van der Waals surface area (Å²) in [6, 6.07) is -0.493. The van der Waals surface area contributed by atoms with Crippen LogP contribution in [0.1, 0.15) is 43.1 Å². The molecule has 0 spiro atoms. The van der Waals surface area contributed by atoms with Crippen LogP contribution >= 0.6 is 0 Å². The average Bonchev–Trinajstić information content (AvgIpc) is 2.75. The molecule has 0 aliphatic heterocycles. The van der Waals surface area contributed by atoms with Gasteiger partial charge in [-0.2, -0.15) is 5.10 Å². The summed E-state index contributed by atoms with van der Waals surface area (Å²) in [6.07, 6.45) is 4.25. The van der Waals surface area contributed by atoms with Gasteiger partial charge in [-0.3, -0.25) is 9.48 Å². The third-order valence-electron chi connectivity index (χ3n) is 2.33. The molecule has 1 unspecified atom stereocenters. The van der Waals surface area contributed by atoms with Crippen molar-refractivity contribution in [3.63, 3.8) is 0 Å². The second-order valence-corrected chi connectivity index (χ2v) is 3.63. The third kappa shape index (κ3) is 3.30. The van der Waals surface area contributed by atoms with Crippen LogP contribution in [0, 0.1) is 0 Å². The van der Waals surface area contributed by atoms with Crippen molar-refractivity contribution >= 4 is 11.9 Å². The molecule has 1 aromatic rings. The van der Waals surface area contributed by atoms with Crippen molar-refractivity contribution in [1.82, 2.24) is 9.78 Å². The maximum absolute atomic E-state index is 11.7. The lowest BCUT2D eigenvalue weighted by Crippen LogP contribution is -2.22. The summed E-state index contributed by atoms with van der Waals surface area (Å²) in [5.74, 6) is -0.899. The highest BCUT2D eigenvalue weighted by atomic mass is 16.5. The summed E-state index contributed by atoms with van der Waals surface area (Å²) in [6.45, 7) is 4.03. The molecule has 2 N–H and O–H groups in total. The predicted octanol–water partition coefficient (Wildman–Crippen LogP) is 0.886. The molecule has 1 rings (SSSR count). The first-order valence-electron chi connectivity index (χ1n) is 5.60. The lowest BCUT2D eigenvalue weighted by atomic mass is 10.2. The molecule has 1 amide bonds. The zero-order chi connectivity index (χ0) is 12.8. The summed E-state index contributed by atoms with van der Waals surface area (Å²) in [7, 11) is 0. The summed E-state index contributed by atoms with van der Waals surface area (Å²) in [5, 5.41) is 3.97. The first kappa shape index (κ1) is 13.2. The number of primary amides is 1. The van der Waals surface area contributed by atoms with Gasteiger partial charge >= 0.3 is 5.97 Å². The Labute approximate surface area is 99.7 Å². The molecule has 0 fully saturated rings. The molecule has 17 heavy (non-hydrogen) atoms. The zero-order valence-corrected chi connectivity index (χ0v) is 10.0.